The van der Waals surface area contributed by atoms with Gasteiger partial charge in [-0.15, -0.1) is 6.58 Å². The summed E-state index contributed by atoms with van der Waals surface area (Å²) in [7, 11) is 0. The zero-order valence-corrected chi connectivity index (χ0v) is 13.0. The molecule has 0 spiro atoms. The molecule has 0 heterocycles. The SMILES string of the molecule is C=CCN(CCO)Cc1ccccc1CNC(C)(C)C. The molecule has 0 unspecified atom stereocenters. The summed E-state index contributed by atoms with van der Waals surface area (Å²) in [6.45, 7) is 13.6. The van der Waals surface area contributed by atoms with Crippen LogP contribution in [0.1, 0.15) is 31.9 Å². The highest BCUT2D eigenvalue weighted by Gasteiger charge is 2.11. The maximum atomic E-state index is 9.13. The second kappa shape index (κ2) is 8.20. The first kappa shape index (κ1) is 16.9. The van der Waals surface area contributed by atoms with E-state index in [0.717, 1.165) is 19.6 Å². The molecule has 0 aliphatic heterocycles. The molecule has 20 heavy (non-hydrogen) atoms. The van der Waals surface area contributed by atoms with E-state index in [1.807, 2.05) is 6.08 Å². The Morgan fingerprint density at radius 3 is 2.45 bits per heavy atom. The summed E-state index contributed by atoms with van der Waals surface area (Å²) in [5, 5.41) is 12.7. The second-order valence-corrected chi connectivity index (χ2v) is 6.12. The highest BCUT2D eigenvalue weighted by Crippen LogP contribution is 2.13. The largest absolute Gasteiger partial charge is 0.395 e. The smallest absolute Gasteiger partial charge is 0.0558 e. The number of hydrogen-bond acceptors (Lipinski definition) is 3. The van der Waals surface area contributed by atoms with Crippen LogP contribution >= 0.6 is 0 Å². The van der Waals surface area contributed by atoms with Crippen LogP contribution in [0.15, 0.2) is 36.9 Å². The molecule has 1 aromatic carbocycles. The molecular formula is C17H28N2O. The summed E-state index contributed by atoms with van der Waals surface area (Å²) >= 11 is 0. The molecular weight excluding hydrogens is 248 g/mol. The van der Waals surface area contributed by atoms with Gasteiger partial charge in [0.1, 0.15) is 0 Å². The minimum absolute atomic E-state index is 0.110. The minimum atomic E-state index is 0.110. The van der Waals surface area contributed by atoms with Crippen LogP contribution in [0.4, 0.5) is 0 Å². The van der Waals surface area contributed by atoms with Crippen molar-refractivity contribution in [3.8, 4) is 0 Å². The van der Waals surface area contributed by atoms with Crippen molar-refractivity contribution in [3.05, 3.63) is 48.0 Å². The molecule has 1 rings (SSSR count). The summed E-state index contributed by atoms with van der Waals surface area (Å²) in [4.78, 5) is 2.20. The van der Waals surface area contributed by atoms with E-state index in [1.165, 1.54) is 11.1 Å². The van der Waals surface area contributed by atoms with E-state index in [-0.39, 0.29) is 12.1 Å². The summed E-state index contributed by atoms with van der Waals surface area (Å²) in [6.07, 6.45) is 1.88. The first-order chi connectivity index (χ1) is 9.46. The Morgan fingerprint density at radius 2 is 1.90 bits per heavy atom. The average molecular weight is 276 g/mol. The van der Waals surface area contributed by atoms with E-state index in [1.54, 1.807) is 0 Å². The summed E-state index contributed by atoms with van der Waals surface area (Å²) < 4.78 is 0. The van der Waals surface area contributed by atoms with Gasteiger partial charge in [0.2, 0.25) is 0 Å². The van der Waals surface area contributed by atoms with E-state index in [2.05, 4.69) is 61.8 Å². The molecule has 0 aliphatic rings. The van der Waals surface area contributed by atoms with E-state index in [0.29, 0.717) is 6.54 Å². The van der Waals surface area contributed by atoms with Gasteiger partial charge in [-0.25, -0.2) is 0 Å². The molecule has 0 amide bonds. The van der Waals surface area contributed by atoms with Crippen molar-refractivity contribution in [2.24, 2.45) is 0 Å². The van der Waals surface area contributed by atoms with E-state index >= 15 is 0 Å². The lowest BCUT2D eigenvalue weighted by Crippen LogP contribution is -2.35. The van der Waals surface area contributed by atoms with Gasteiger partial charge in [-0.05, 0) is 31.9 Å². The monoisotopic (exact) mass is 276 g/mol. The Labute approximate surface area is 123 Å². The highest BCUT2D eigenvalue weighted by atomic mass is 16.3. The van der Waals surface area contributed by atoms with Crippen molar-refractivity contribution < 1.29 is 5.11 Å². The maximum Gasteiger partial charge on any atom is 0.0558 e. The molecule has 0 atom stereocenters. The van der Waals surface area contributed by atoms with Crippen LogP contribution in [-0.2, 0) is 13.1 Å². The number of rotatable bonds is 8. The Morgan fingerprint density at radius 1 is 1.25 bits per heavy atom. The fraction of sp³-hybridized carbons (Fsp3) is 0.529. The standard InChI is InChI=1S/C17H28N2O/c1-5-10-19(11-12-20)14-16-9-7-6-8-15(16)13-18-17(2,3)4/h5-9,18,20H,1,10-14H2,2-4H3. The molecule has 112 valence electrons. The van der Waals surface area contributed by atoms with Gasteiger partial charge in [-0.1, -0.05) is 30.3 Å². The second-order valence-electron chi connectivity index (χ2n) is 6.12. The van der Waals surface area contributed by atoms with Gasteiger partial charge in [-0.3, -0.25) is 4.90 Å². The zero-order valence-electron chi connectivity index (χ0n) is 13.0. The van der Waals surface area contributed by atoms with Gasteiger partial charge >= 0.3 is 0 Å². The van der Waals surface area contributed by atoms with Crippen molar-refractivity contribution in [3.63, 3.8) is 0 Å². The first-order valence-electron chi connectivity index (χ1n) is 7.22. The van der Waals surface area contributed by atoms with E-state index in [4.69, 9.17) is 5.11 Å². The average Bonchev–Trinajstić information content (AvgIpc) is 2.37. The van der Waals surface area contributed by atoms with Gasteiger partial charge < -0.3 is 10.4 Å². The third kappa shape index (κ3) is 6.33. The summed E-state index contributed by atoms with van der Waals surface area (Å²) in [5.74, 6) is 0. The summed E-state index contributed by atoms with van der Waals surface area (Å²) in [6, 6.07) is 8.47. The highest BCUT2D eigenvalue weighted by molar-refractivity contribution is 5.27. The predicted octanol–water partition coefficient (Wildman–Crippen LogP) is 2.56. The molecule has 0 aliphatic carbocycles. The molecule has 3 nitrogen and oxygen atoms in total. The van der Waals surface area contributed by atoms with Crippen molar-refractivity contribution in [1.29, 1.82) is 0 Å². The lowest BCUT2D eigenvalue weighted by atomic mass is 10.0. The normalized spacial score (nSPS) is 11.8. The Hall–Kier alpha value is -1.16. The van der Waals surface area contributed by atoms with Crippen molar-refractivity contribution in [2.75, 3.05) is 19.7 Å². The lowest BCUT2D eigenvalue weighted by molar-refractivity contribution is 0.203. The topological polar surface area (TPSA) is 35.5 Å². The molecule has 3 heteroatoms. The number of benzene rings is 1. The number of aliphatic hydroxyl groups excluding tert-OH is 1. The number of nitrogens with one attached hydrogen (secondary N) is 1. The molecule has 0 saturated heterocycles. The van der Waals surface area contributed by atoms with Gasteiger partial charge in [0.05, 0.1) is 6.61 Å². The molecule has 0 radical (unpaired) electrons. The first-order valence-corrected chi connectivity index (χ1v) is 7.22. The summed E-state index contributed by atoms with van der Waals surface area (Å²) in [5.41, 5.74) is 2.73. The molecule has 0 bridgehead atoms. The molecule has 2 N–H and O–H groups in total. The van der Waals surface area contributed by atoms with Crippen molar-refractivity contribution in [1.82, 2.24) is 10.2 Å². The molecule has 0 saturated carbocycles. The molecule has 0 aromatic heterocycles. The van der Waals surface area contributed by atoms with Crippen LogP contribution in [0.2, 0.25) is 0 Å². The van der Waals surface area contributed by atoms with Gasteiger partial charge in [0.25, 0.3) is 0 Å². The van der Waals surface area contributed by atoms with Crippen LogP contribution in [0.5, 0.6) is 0 Å². The predicted molar refractivity (Wildman–Crippen MR) is 85.6 cm³/mol. The third-order valence-electron chi connectivity index (χ3n) is 3.13. The van der Waals surface area contributed by atoms with Gasteiger partial charge in [0.15, 0.2) is 0 Å². The van der Waals surface area contributed by atoms with Gasteiger partial charge in [-0.2, -0.15) is 0 Å². The Balaban J connectivity index is 2.75. The Kier molecular flexibility index (Phi) is 6.93. The lowest BCUT2D eigenvalue weighted by Gasteiger charge is -2.24. The number of aliphatic hydroxyl groups is 1. The van der Waals surface area contributed by atoms with E-state index < -0.39 is 0 Å². The molecule has 0 fully saturated rings. The van der Waals surface area contributed by atoms with Crippen LogP contribution < -0.4 is 5.32 Å². The van der Waals surface area contributed by atoms with Crippen molar-refractivity contribution in [2.45, 2.75) is 39.4 Å². The van der Waals surface area contributed by atoms with Crippen LogP contribution in [0.3, 0.4) is 0 Å². The van der Waals surface area contributed by atoms with E-state index in [9.17, 15) is 0 Å². The maximum absolute atomic E-state index is 9.13. The van der Waals surface area contributed by atoms with Crippen LogP contribution in [-0.4, -0.2) is 35.2 Å². The van der Waals surface area contributed by atoms with Crippen LogP contribution in [0.25, 0.3) is 0 Å². The number of nitrogens with zero attached hydrogens (tertiary/aromatic N) is 1. The fourth-order valence-corrected chi connectivity index (χ4v) is 2.04. The number of hydrogen-bond donors (Lipinski definition) is 2. The fourth-order valence-electron chi connectivity index (χ4n) is 2.04. The third-order valence-corrected chi connectivity index (χ3v) is 3.13. The van der Waals surface area contributed by atoms with Gasteiger partial charge in [0, 0.05) is 31.7 Å². The van der Waals surface area contributed by atoms with Crippen LogP contribution in [0, 0.1) is 0 Å². The van der Waals surface area contributed by atoms with Crippen molar-refractivity contribution >= 4 is 0 Å². The minimum Gasteiger partial charge on any atom is -0.395 e. The zero-order chi connectivity index (χ0) is 15.0. The Bertz CT molecular complexity index is 410. The quantitative estimate of drug-likeness (QED) is 0.716. The molecule has 1 aromatic rings.